The lowest BCUT2D eigenvalue weighted by Gasteiger charge is -2.15. The van der Waals surface area contributed by atoms with Gasteiger partial charge >= 0.3 is 0 Å². The summed E-state index contributed by atoms with van der Waals surface area (Å²) in [5, 5.41) is 18.3. The Balaban J connectivity index is 2.13. The minimum Gasteiger partial charge on any atom is -0.395 e. The summed E-state index contributed by atoms with van der Waals surface area (Å²) >= 11 is 0. The summed E-state index contributed by atoms with van der Waals surface area (Å²) in [5.74, 6) is -1.68. The van der Waals surface area contributed by atoms with E-state index in [9.17, 15) is 19.1 Å². The van der Waals surface area contributed by atoms with Crippen molar-refractivity contribution < 1.29 is 14.3 Å². The molecule has 0 saturated heterocycles. The molecule has 0 spiro atoms. The average Bonchev–Trinajstić information content (AvgIpc) is 2.53. The quantitative estimate of drug-likeness (QED) is 0.763. The zero-order valence-corrected chi connectivity index (χ0v) is 12.9. The minimum absolute atomic E-state index is 0.0288. The van der Waals surface area contributed by atoms with Crippen molar-refractivity contribution in [1.82, 2.24) is 15.5 Å². The van der Waals surface area contributed by atoms with Crippen LogP contribution in [-0.2, 0) is 11.3 Å². The summed E-state index contributed by atoms with van der Waals surface area (Å²) < 4.78 is 12.9. The van der Waals surface area contributed by atoms with Crippen LogP contribution in [0.4, 0.5) is 4.39 Å². The summed E-state index contributed by atoms with van der Waals surface area (Å²) in [7, 11) is 0. The summed E-state index contributed by atoms with van der Waals surface area (Å²) in [6, 6.07) is 5.35. The average molecular weight is 319 g/mol. The number of aromatic amines is 1. The largest absolute Gasteiger partial charge is 0.395 e. The van der Waals surface area contributed by atoms with E-state index in [1.165, 1.54) is 24.3 Å². The Hall–Kier alpha value is -2.54. The van der Waals surface area contributed by atoms with Gasteiger partial charge in [0.05, 0.1) is 18.2 Å². The standard InChI is InChI=1S/C16H18FN3O3/c1-9-10(2)19-20-16(23)13(9)7-18-15(22)14(8-21)11-3-5-12(17)6-4-11/h3-6,14,21H,7-8H2,1-2H3,(H,18,22)(H,20,23). The molecule has 0 radical (unpaired) electrons. The van der Waals surface area contributed by atoms with Crippen LogP contribution in [0.25, 0.3) is 0 Å². The lowest BCUT2D eigenvalue weighted by molar-refractivity contribution is -0.123. The molecule has 1 unspecified atom stereocenters. The molecule has 0 aliphatic heterocycles. The highest BCUT2D eigenvalue weighted by atomic mass is 19.1. The highest BCUT2D eigenvalue weighted by Crippen LogP contribution is 2.16. The van der Waals surface area contributed by atoms with Gasteiger partial charge in [0, 0.05) is 12.1 Å². The number of nitrogens with one attached hydrogen (secondary N) is 2. The van der Waals surface area contributed by atoms with Crippen molar-refractivity contribution >= 4 is 5.91 Å². The fraction of sp³-hybridized carbons (Fsp3) is 0.312. The molecule has 2 rings (SSSR count). The first-order valence-electron chi connectivity index (χ1n) is 7.12. The number of amides is 1. The molecule has 2 aromatic rings. The lowest BCUT2D eigenvalue weighted by Crippen LogP contribution is -2.33. The number of carbonyl (C=O) groups excluding carboxylic acids is 1. The molecule has 1 heterocycles. The van der Waals surface area contributed by atoms with E-state index in [0.717, 1.165) is 0 Å². The van der Waals surface area contributed by atoms with Crippen molar-refractivity contribution in [2.24, 2.45) is 0 Å². The number of hydrogen-bond acceptors (Lipinski definition) is 4. The lowest BCUT2D eigenvalue weighted by atomic mass is 9.99. The number of aryl methyl sites for hydroxylation is 1. The van der Waals surface area contributed by atoms with E-state index in [-0.39, 0.29) is 12.1 Å². The maximum atomic E-state index is 12.9. The van der Waals surface area contributed by atoms with Crippen LogP contribution in [0.15, 0.2) is 29.1 Å². The van der Waals surface area contributed by atoms with Crippen molar-refractivity contribution in [3.8, 4) is 0 Å². The van der Waals surface area contributed by atoms with Crippen LogP contribution < -0.4 is 10.9 Å². The van der Waals surface area contributed by atoms with Crippen molar-refractivity contribution in [3.05, 3.63) is 62.8 Å². The number of halogens is 1. The Morgan fingerprint density at radius 3 is 2.61 bits per heavy atom. The van der Waals surface area contributed by atoms with Gasteiger partial charge in [-0.05, 0) is 37.1 Å². The Kier molecular flexibility index (Phi) is 5.23. The number of H-pyrrole nitrogens is 1. The number of aliphatic hydroxyl groups is 1. The van der Waals surface area contributed by atoms with Gasteiger partial charge in [0.25, 0.3) is 5.56 Å². The molecule has 0 bridgehead atoms. The third kappa shape index (κ3) is 3.81. The highest BCUT2D eigenvalue weighted by Gasteiger charge is 2.20. The second-order valence-corrected chi connectivity index (χ2v) is 5.25. The molecule has 1 atom stereocenters. The molecule has 1 aromatic carbocycles. The maximum Gasteiger partial charge on any atom is 0.269 e. The third-order valence-electron chi connectivity index (χ3n) is 3.81. The van der Waals surface area contributed by atoms with E-state index in [1.807, 2.05) is 0 Å². The first-order chi connectivity index (χ1) is 10.9. The second-order valence-electron chi connectivity index (χ2n) is 5.25. The van der Waals surface area contributed by atoms with Gasteiger partial charge in [-0.15, -0.1) is 0 Å². The minimum atomic E-state index is -0.821. The van der Waals surface area contributed by atoms with Crippen LogP contribution in [0.3, 0.4) is 0 Å². The van der Waals surface area contributed by atoms with Crippen LogP contribution in [0, 0.1) is 19.7 Å². The number of aliphatic hydroxyl groups excluding tert-OH is 1. The van der Waals surface area contributed by atoms with Gasteiger partial charge in [0.2, 0.25) is 5.91 Å². The smallest absolute Gasteiger partial charge is 0.269 e. The molecule has 6 nitrogen and oxygen atoms in total. The van der Waals surface area contributed by atoms with Crippen LogP contribution in [0.1, 0.15) is 28.3 Å². The summed E-state index contributed by atoms with van der Waals surface area (Å²) in [5.41, 5.74) is 1.93. The normalized spacial score (nSPS) is 12.0. The van der Waals surface area contributed by atoms with Crippen molar-refractivity contribution in [1.29, 1.82) is 0 Å². The van der Waals surface area contributed by atoms with E-state index in [0.29, 0.717) is 22.4 Å². The molecule has 3 N–H and O–H groups in total. The van der Waals surface area contributed by atoms with Gasteiger partial charge in [-0.25, -0.2) is 9.49 Å². The van der Waals surface area contributed by atoms with Gasteiger partial charge in [-0.1, -0.05) is 12.1 Å². The van der Waals surface area contributed by atoms with Crippen molar-refractivity contribution in [2.75, 3.05) is 6.61 Å². The topological polar surface area (TPSA) is 95.1 Å². The van der Waals surface area contributed by atoms with Gasteiger partial charge in [-0.2, -0.15) is 5.10 Å². The van der Waals surface area contributed by atoms with Crippen LogP contribution in [-0.4, -0.2) is 27.8 Å². The molecule has 0 aliphatic rings. The number of carbonyl (C=O) groups is 1. The Morgan fingerprint density at radius 1 is 1.35 bits per heavy atom. The van der Waals surface area contributed by atoms with Crippen molar-refractivity contribution in [3.63, 3.8) is 0 Å². The Labute approximate surface area is 132 Å². The number of benzene rings is 1. The van der Waals surface area contributed by atoms with E-state index in [4.69, 9.17) is 0 Å². The number of hydrogen-bond donors (Lipinski definition) is 3. The Bertz CT molecular complexity index is 756. The number of rotatable bonds is 5. The number of nitrogens with zero attached hydrogens (tertiary/aromatic N) is 1. The summed E-state index contributed by atoms with van der Waals surface area (Å²) in [6.45, 7) is 3.12. The third-order valence-corrected chi connectivity index (χ3v) is 3.81. The van der Waals surface area contributed by atoms with Crippen molar-refractivity contribution in [2.45, 2.75) is 26.3 Å². The molecule has 122 valence electrons. The first kappa shape index (κ1) is 16.8. The predicted octanol–water partition coefficient (Wildman–Crippen LogP) is 0.918. The van der Waals surface area contributed by atoms with Crippen LogP contribution in [0.5, 0.6) is 0 Å². The van der Waals surface area contributed by atoms with Gasteiger partial charge in [0.1, 0.15) is 5.82 Å². The van der Waals surface area contributed by atoms with E-state index in [2.05, 4.69) is 15.5 Å². The van der Waals surface area contributed by atoms with Gasteiger partial charge in [0.15, 0.2) is 0 Å². The molecule has 23 heavy (non-hydrogen) atoms. The highest BCUT2D eigenvalue weighted by molar-refractivity contribution is 5.83. The van der Waals surface area contributed by atoms with Gasteiger partial charge < -0.3 is 10.4 Å². The number of aromatic nitrogens is 2. The zero-order valence-electron chi connectivity index (χ0n) is 12.9. The Morgan fingerprint density at radius 2 is 2.00 bits per heavy atom. The monoisotopic (exact) mass is 319 g/mol. The molecular formula is C16H18FN3O3. The summed E-state index contributed by atoms with van der Waals surface area (Å²) in [4.78, 5) is 24.0. The first-order valence-corrected chi connectivity index (χ1v) is 7.12. The molecule has 0 fully saturated rings. The zero-order chi connectivity index (χ0) is 17.0. The summed E-state index contributed by atoms with van der Waals surface area (Å²) in [6.07, 6.45) is 0. The van der Waals surface area contributed by atoms with E-state index in [1.54, 1.807) is 13.8 Å². The predicted molar refractivity (Wildman–Crippen MR) is 82.4 cm³/mol. The molecule has 0 aliphatic carbocycles. The molecule has 1 amide bonds. The maximum absolute atomic E-state index is 12.9. The SMILES string of the molecule is Cc1n[nH]c(=O)c(CNC(=O)C(CO)c2ccc(F)cc2)c1C. The van der Waals surface area contributed by atoms with Crippen LogP contribution >= 0.6 is 0 Å². The fourth-order valence-corrected chi connectivity index (χ4v) is 2.22. The van der Waals surface area contributed by atoms with Crippen LogP contribution in [0.2, 0.25) is 0 Å². The van der Waals surface area contributed by atoms with Gasteiger partial charge in [-0.3, -0.25) is 9.59 Å². The van der Waals surface area contributed by atoms with E-state index < -0.39 is 24.2 Å². The van der Waals surface area contributed by atoms with E-state index >= 15 is 0 Å². The molecule has 0 saturated carbocycles. The fourth-order valence-electron chi connectivity index (χ4n) is 2.22. The second kappa shape index (κ2) is 7.15. The molecule has 7 heteroatoms. The molecular weight excluding hydrogens is 301 g/mol. The molecule has 1 aromatic heterocycles.